The Labute approximate surface area is 125 Å². The van der Waals surface area contributed by atoms with Gasteiger partial charge in [0, 0.05) is 5.39 Å². The van der Waals surface area contributed by atoms with Crippen LogP contribution in [0.4, 0.5) is 0 Å². The largest absolute Gasteiger partial charge is 0.524 e. The third-order valence-electron chi connectivity index (χ3n) is 3.15. The first kappa shape index (κ1) is 14.5. The molecule has 0 aliphatic carbocycles. The van der Waals surface area contributed by atoms with E-state index in [9.17, 15) is 9.36 Å². The van der Waals surface area contributed by atoms with Gasteiger partial charge in [-0.2, -0.15) is 0 Å². The summed E-state index contributed by atoms with van der Waals surface area (Å²) in [5.41, 5.74) is 0.560. The molecule has 3 aromatic rings. The van der Waals surface area contributed by atoms with Crippen LogP contribution in [0, 0.1) is 0 Å². The smallest absolute Gasteiger partial charge is 0.403 e. The molecule has 0 amide bonds. The van der Waals surface area contributed by atoms with E-state index in [-0.39, 0.29) is 11.3 Å². The van der Waals surface area contributed by atoms with Crippen molar-refractivity contribution in [1.82, 2.24) is 4.98 Å². The van der Waals surface area contributed by atoms with Crippen LogP contribution < -0.4 is 10.1 Å². The van der Waals surface area contributed by atoms with Crippen molar-refractivity contribution in [2.75, 3.05) is 0 Å². The van der Waals surface area contributed by atoms with E-state index in [4.69, 9.17) is 14.3 Å². The first-order chi connectivity index (χ1) is 10.5. The van der Waals surface area contributed by atoms with Crippen LogP contribution in [0.25, 0.3) is 22.0 Å². The molecular weight excluding hydrogens is 305 g/mol. The number of fused-ring (bicyclic) bond motifs is 1. The number of para-hydroxylation sites is 1. The molecule has 0 aliphatic heterocycles. The number of aromatic amines is 1. The third kappa shape index (κ3) is 2.80. The number of benzene rings is 2. The molecule has 1 heterocycles. The molecule has 7 heteroatoms. The lowest BCUT2D eigenvalue weighted by atomic mass is 10.0. The van der Waals surface area contributed by atoms with Crippen LogP contribution >= 0.6 is 7.82 Å². The highest BCUT2D eigenvalue weighted by Crippen LogP contribution is 2.44. The van der Waals surface area contributed by atoms with Crippen molar-refractivity contribution in [2.45, 2.75) is 0 Å². The second-order valence-electron chi connectivity index (χ2n) is 4.65. The summed E-state index contributed by atoms with van der Waals surface area (Å²) in [7, 11) is -4.81. The minimum Gasteiger partial charge on any atom is -0.403 e. The standard InChI is InChI=1S/C15H12NO5P/c17-15-13(10-6-2-1-3-7-10)14(21-22(18,19)20)11-8-4-5-9-12(11)16-15/h1-9H,(H,16,17)(H2,18,19,20). The van der Waals surface area contributed by atoms with Crippen LogP contribution in [0.2, 0.25) is 0 Å². The summed E-state index contributed by atoms with van der Waals surface area (Å²) in [6, 6.07) is 15.3. The van der Waals surface area contributed by atoms with Gasteiger partial charge < -0.3 is 9.51 Å². The maximum Gasteiger partial charge on any atom is 0.524 e. The van der Waals surface area contributed by atoms with Gasteiger partial charge in [-0.15, -0.1) is 0 Å². The topological polar surface area (TPSA) is 99.6 Å². The molecular formula is C15H12NO5P. The van der Waals surface area contributed by atoms with Crippen LogP contribution in [-0.2, 0) is 4.57 Å². The number of hydrogen-bond donors (Lipinski definition) is 3. The van der Waals surface area contributed by atoms with Crippen molar-refractivity contribution in [3.8, 4) is 16.9 Å². The van der Waals surface area contributed by atoms with Crippen LogP contribution in [0.5, 0.6) is 5.75 Å². The van der Waals surface area contributed by atoms with Crippen molar-refractivity contribution in [3.05, 3.63) is 65.0 Å². The van der Waals surface area contributed by atoms with Gasteiger partial charge >= 0.3 is 7.82 Å². The average Bonchev–Trinajstić information content (AvgIpc) is 2.46. The van der Waals surface area contributed by atoms with Gasteiger partial charge in [-0.1, -0.05) is 42.5 Å². The van der Waals surface area contributed by atoms with Crippen LogP contribution in [-0.4, -0.2) is 14.8 Å². The molecule has 3 rings (SSSR count). The number of hydrogen-bond acceptors (Lipinski definition) is 3. The fourth-order valence-electron chi connectivity index (χ4n) is 2.29. The number of nitrogens with one attached hydrogen (secondary N) is 1. The fourth-order valence-corrected chi connectivity index (χ4v) is 2.72. The maximum absolute atomic E-state index is 12.4. The highest BCUT2D eigenvalue weighted by molar-refractivity contribution is 7.46. The molecule has 2 aromatic carbocycles. The summed E-state index contributed by atoms with van der Waals surface area (Å²) in [5, 5.41) is 0.421. The third-order valence-corrected chi connectivity index (χ3v) is 3.57. The maximum atomic E-state index is 12.4. The van der Waals surface area contributed by atoms with E-state index >= 15 is 0 Å². The molecule has 0 radical (unpaired) electrons. The second kappa shape index (κ2) is 5.42. The Morgan fingerprint density at radius 1 is 0.955 bits per heavy atom. The van der Waals surface area contributed by atoms with Crippen molar-refractivity contribution < 1.29 is 18.9 Å². The van der Waals surface area contributed by atoms with Crippen molar-refractivity contribution >= 4 is 18.7 Å². The minimum atomic E-state index is -4.81. The van der Waals surface area contributed by atoms with E-state index in [1.54, 1.807) is 54.6 Å². The lowest BCUT2D eigenvalue weighted by molar-refractivity contribution is 0.284. The average molecular weight is 317 g/mol. The highest BCUT2D eigenvalue weighted by atomic mass is 31.2. The lowest BCUT2D eigenvalue weighted by Gasteiger charge is -2.14. The van der Waals surface area contributed by atoms with Gasteiger partial charge in [0.25, 0.3) is 5.56 Å². The fraction of sp³-hybridized carbons (Fsp3) is 0. The Morgan fingerprint density at radius 2 is 1.59 bits per heavy atom. The molecule has 0 spiro atoms. The number of rotatable bonds is 3. The Kier molecular flexibility index (Phi) is 3.58. The molecule has 22 heavy (non-hydrogen) atoms. The van der Waals surface area contributed by atoms with E-state index < -0.39 is 13.4 Å². The van der Waals surface area contributed by atoms with E-state index in [2.05, 4.69) is 4.98 Å². The number of pyridine rings is 1. The zero-order valence-corrected chi connectivity index (χ0v) is 12.2. The highest BCUT2D eigenvalue weighted by Gasteiger charge is 2.23. The summed E-state index contributed by atoms with van der Waals surface area (Å²) in [6.07, 6.45) is 0. The van der Waals surface area contributed by atoms with E-state index in [1.165, 1.54) is 0 Å². The molecule has 112 valence electrons. The Morgan fingerprint density at radius 3 is 2.27 bits per heavy atom. The molecule has 0 unspecified atom stereocenters. The molecule has 1 aromatic heterocycles. The Balaban J connectivity index is 2.40. The van der Waals surface area contributed by atoms with Crippen LogP contribution in [0.3, 0.4) is 0 Å². The molecule has 0 atom stereocenters. The molecule has 6 nitrogen and oxygen atoms in total. The van der Waals surface area contributed by atoms with Crippen molar-refractivity contribution in [3.63, 3.8) is 0 Å². The van der Waals surface area contributed by atoms with Gasteiger partial charge in [-0.3, -0.25) is 14.6 Å². The predicted molar refractivity (Wildman–Crippen MR) is 82.7 cm³/mol. The van der Waals surface area contributed by atoms with Crippen LogP contribution in [0.15, 0.2) is 59.4 Å². The monoisotopic (exact) mass is 317 g/mol. The number of phosphoric ester groups is 1. The summed E-state index contributed by atoms with van der Waals surface area (Å²) in [4.78, 5) is 33.4. The normalized spacial score (nSPS) is 11.5. The van der Waals surface area contributed by atoms with E-state index in [1.807, 2.05) is 0 Å². The van der Waals surface area contributed by atoms with Crippen LogP contribution in [0.1, 0.15) is 0 Å². The van der Waals surface area contributed by atoms with E-state index in [0.717, 1.165) is 0 Å². The Hall–Kier alpha value is -2.40. The zero-order chi connectivity index (χ0) is 15.7. The lowest BCUT2D eigenvalue weighted by Crippen LogP contribution is -2.11. The first-order valence-electron chi connectivity index (χ1n) is 6.41. The minimum absolute atomic E-state index is 0.0858. The summed E-state index contributed by atoms with van der Waals surface area (Å²) < 4.78 is 16.1. The number of aromatic nitrogens is 1. The Bertz CT molecular complexity index is 930. The van der Waals surface area contributed by atoms with Gasteiger partial charge in [0.05, 0.1) is 11.1 Å². The molecule has 0 aliphatic rings. The van der Waals surface area contributed by atoms with Gasteiger partial charge in [-0.25, -0.2) is 4.57 Å². The predicted octanol–water partition coefficient (Wildman–Crippen LogP) is 2.67. The van der Waals surface area contributed by atoms with Crippen molar-refractivity contribution in [1.29, 1.82) is 0 Å². The zero-order valence-electron chi connectivity index (χ0n) is 11.3. The van der Waals surface area contributed by atoms with Gasteiger partial charge in [0.15, 0.2) is 5.75 Å². The molecule has 3 N–H and O–H groups in total. The number of H-pyrrole nitrogens is 1. The molecule has 0 saturated heterocycles. The van der Waals surface area contributed by atoms with Gasteiger partial charge in [0.1, 0.15) is 0 Å². The van der Waals surface area contributed by atoms with E-state index in [0.29, 0.717) is 16.5 Å². The van der Waals surface area contributed by atoms with Gasteiger partial charge in [0.2, 0.25) is 0 Å². The molecule has 0 bridgehead atoms. The first-order valence-corrected chi connectivity index (χ1v) is 7.94. The molecule has 0 fully saturated rings. The summed E-state index contributed by atoms with van der Waals surface area (Å²) >= 11 is 0. The quantitative estimate of drug-likeness (QED) is 0.645. The number of phosphoric acid groups is 1. The van der Waals surface area contributed by atoms with Crippen molar-refractivity contribution in [2.24, 2.45) is 0 Å². The summed E-state index contributed by atoms with van der Waals surface area (Å²) in [6.45, 7) is 0. The summed E-state index contributed by atoms with van der Waals surface area (Å²) in [5.74, 6) is -0.126. The SMILES string of the molecule is O=c1[nH]c2ccccc2c(OP(=O)(O)O)c1-c1ccccc1. The molecule has 0 saturated carbocycles. The second-order valence-corrected chi connectivity index (χ2v) is 5.82. The van der Waals surface area contributed by atoms with Gasteiger partial charge in [-0.05, 0) is 17.7 Å².